The van der Waals surface area contributed by atoms with E-state index >= 15 is 0 Å². The molecule has 1 aromatic rings. The van der Waals surface area contributed by atoms with Crippen molar-refractivity contribution in [1.29, 1.82) is 0 Å². The third-order valence-corrected chi connectivity index (χ3v) is 2.69. The smallest absolute Gasteiger partial charge is 0.406 e. The summed E-state index contributed by atoms with van der Waals surface area (Å²) in [5.41, 5.74) is 5.79. The monoisotopic (exact) mass is 305 g/mol. The molecule has 0 aromatic heterocycles. The molecule has 0 aliphatic carbocycles. The number of nitrogens with two attached hydrogens (primary N) is 1. The van der Waals surface area contributed by atoms with Crippen molar-refractivity contribution >= 4 is 11.7 Å². The first-order chi connectivity index (χ1) is 9.84. The zero-order chi connectivity index (χ0) is 15.9. The maximum atomic E-state index is 12.0. The number of carbonyl (C=O) groups excluding carboxylic acids is 1. The molecule has 21 heavy (non-hydrogen) atoms. The lowest BCUT2D eigenvalue weighted by molar-refractivity contribution is -0.274. The number of hydrogen-bond donors (Lipinski definition) is 3. The lowest BCUT2D eigenvalue weighted by atomic mass is 10.1. The molecule has 1 rings (SSSR count). The molecule has 2 amide bonds. The molecule has 118 valence electrons. The van der Waals surface area contributed by atoms with Gasteiger partial charge in [-0.15, -0.1) is 13.2 Å². The van der Waals surface area contributed by atoms with Crippen molar-refractivity contribution in [2.24, 2.45) is 5.73 Å². The summed E-state index contributed by atoms with van der Waals surface area (Å²) in [4.78, 5) is 11.7. The number of ether oxygens (including phenoxy) is 1. The maximum Gasteiger partial charge on any atom is 0.573 e. The zero-order valence-electron chi connectivity index (χ0n) is 11.5. The first kappa shape index (κ1) is 17.1. The van der Waals surface area contributed by atoms with Crippen molar-refractivity contribution in [3.63, 3.8) is 0 Å². The normalized spacial score (nSPS) is 12.6. The van der Waals surface area contributed by atoms with Crippen molar-refractivity contribution in [2.45, 2.75) is 32.2 Å². The number of nitrogens with one attached hydrogen (secondary N) is 2. The Morgan fingerprint density at radius 3 is 2.43 bits per heavy atom. The van der Waals surface area contributed by atoms with Gasteiger partial charge in [0, 0.05) is 11.7 Å². The van der Waals surface area contributed by atoms with Crippen LogP contribution in [-0.2, 0) is 0 Å². The fourth-order valence-electron chi connectivity index (χ4n) is 1.67. The molecule has 0 bridgehead atoms. The number of benzene rings is 1. The second-order valence-corrected chi connectivity index (χ2v) is 4.35. The summed E-state index contributed by atoms with van der Waals surface area (Å²) in [5, 5.41) is 5.26. The third-order valence-electron chi connectivity index (χ3n) is 2.69. The zero-order valence-corrected chi connectivity index (χ0v) is 11.5. The molecule has 8 heteroatoms. The average molecular weight is 305 g/mol. The number of anilines is 1. The predicted molar refractivity (Wildman–Crippen MR) is 73.0 cm³/mol. The van der Waals surface area contributed by atoms with Gasteiger partial charge in [-0.05, 0) is 43.7 Å². The summed E-state index contributed by atoms with van der Waals surface area (Å²) < 4.78 is 39.7. The van der Waals surface area contributed by atoms with Crippen LogP contribution in [0.4, 0.5) is 23.7 Å². The Morgan fingerprint density at radius 1 is 1.33 bits per heavy atom. The van der Waals surface area contributed by atoms with Crippen LogP contribution in [0.5, 0.6) is 5.75 Å². The van der Waals surface area contributed by atoms with Gasteiger partial charge < -0.3 is 21.1 Å². The molecule has 0 radical (unpaired) electrons. The molecule has 4 N–H and O–H groups in total. The summed E-state index contributed by atoms with van der Waals surface area (Å²) in [7, 11) is 0. The minimum Gasteiger partial charge on any atom is -0.406 e. The second kappa shape index (κ2) is 7.72. The quantitative estimate of drug-likeness (QED) is 0.756. The van der Waals surface area contributed by atoms with E-state index in [1.54, 1.807) is 0 Å². The van der Waals surface area contributed by atoms with Crippen molar-refractivity contribution in [3.8, 4) is 5.75 Å². The molecule has 1 atom stereocenters. The fraction of sp³-hybridized carbons (Fsp3) is 0.462. The van der Waals surface area contributed by atoms with E-state index in [1.165, 1.54) is 12.1 Å². The van der Waals surface area contributed by atoms with E-state index in [9.17, 15) is 18.0 Å². The van der Waals surface area contributed by atoms with Gasteiger partial charge in [0.15, 0.2) is 0 Å². The summed E-state index contributed by atoms with van der Waals surface area (Å²) in [6, 6.07) is 4.43. The van der Waals surface area contributed by atoms with Gasteiger partial charge in [0.25, 0.3) is 0 Å². The maximum absolute atomic E-state index is 12.0. The van der Waals surface area contributed by atoms with Crippen molar-refractivity contribution in [2.75, 3.05) is 11.9 Å². The van der Waals surface area contributed by atoms with Crippen LogP contribution in [0, 0.1) is 0 Å². The highest BCUT2D eigenvalue weighted by Gasteiger charge is 2.30. The van der Waals surface area contributed by atoms with E-state index in [-0.39, 0.29) is 11.8 Å². The van der Waals surface area contributed by atoms with Crippen LogP contribution in [0.3, 0.4) is 0 Å². The first-order valence-electron chi connectivity index (χ1n) is 6.47. The van der Waals surface area contributed by atoms with Crippen LogP contribution in [0.2, 0.25) is 0 Å². The van der Waals surface area contributed by atoms with E-state index < -0.39 is 12.4 Å². The summed E-state index contributed by atoms with van der Waals surface area (Å²) in [5.74, 6) is -0.344. The van der Waals surface area contributed by atoms with Crippen LogP contribution in [-0.4, -0.2) is 25.0 Å². The van der Waals surface area contributed by atoms with Gasteiger partial charge in [0.05, 0.1) is 0 Å². The number of alkyl halides is 3. The highest BCUT2D eigenvalue weighted by molar-refractivity contribution is 5.89. The van der Waals surface area contributed by atoms with E-state index in [0.717, 1.165) is 18.6 Å². The average Bonchev–Trinajstić information content (AvgIpc) is 2.39. The van der Waals surface area contributed by atoms with Crippen LogP contribution >= 0.6 is 0 Å². The minimum atomic E-state index is -4.73. The van der Waals surface area contributed by atoms with Crippen molar-refractivity contribution in [1.82, 2.24) is 5.32 Å². The number of hydrogen-bond acceptors (Lipinski definition) is 3. The van der Waals surface area contributed by atoms with Gasteiger partial charge >= 0.3 is 12.4 Å². The van der Waals surface area contributed by atoms with Gasteiger partial charge in [-0.2, -0.15) is 0 Å². The number of halogens is 3. The molecule has 0 saturated carbocycles. The standard InChI is InChI=1S/C13H18F3N3O2/c1-2-9(7-8-17)18-12(20)19-10-3-5-11(6-4-10)21-13(14,15)16/h3-6,9H,2,7-8,17H2,1H3,(H2,18,19,20). The predicted octanol–water partition coefficient (Wildman–Crippen LogP) is 2.83. The largest absolute Gasteiger partial charge is 0.573 e. The lowest BCUT2D eigenvalue weighted by Crippen LogP contribution is -2.38. The van der Waals surface area contributed by atoms with Gasteiger partial charge in [0.2, 0.25) is 0 Å². The van der Waals surface area contributed by atoms with Gasteiger partial charge in [-0.1, -0.05) is 6.92 Å². The Balaban J connectivity index is 2.53. The summed E-state index contributed by atoms with van der Waals surface area (Å²) >= 11 is 0. The molecule has 1 unspecified atom stereocenters. The van der Waals surface area contributed by atoms with E-state index in [1.807, 2.05) is 6.92 Å². The van der Waals surface area contributed by atoms with Gasteiger partial charge in [0.1, 0.15) is 5.75 Å². The molecule has 5 nitrogen and oxygen atoms in total. The van der Waals surface area contributed by atoms with E-state index in [4.69, 9.17) is 5.73 Å². The molecule has 0 aliphatic heterocycles. The van der Waals surface area contributed by atoms with E-state index in [2.05, 4.69) is 15.4 Å². The molecule has 1 aromatic carbocycles. The first-order valence-corrected chi connectivity index (χ1v) is 6.47. The molecular weight excluding hydrogens is 287 g/mol. The number of rotatable bonds is 6. The highest BCUT2D eigenvalue weighted by atomic mass is 19.4. The second-order valence-electron chi connectivity index (χ2n) is 4.35. The van der Waals surface area contributed by atoms with Gasteiger partial charge in [-0.25, -0.2) is 4.79 Å². The topological polar surface area (TPSA) is 76.4 Å². The molecular formula is C13H18F3N3O2. The Bertz CT molecular complexity index is 449. The highest BCUT2D eigenvalue weighted by Crippen LogP contribution is 2.23. The molecule has 0 aliphatic rings. The number of carbonyl (C=O) groups is 1. The Kier molecular flexibility index (Phi) is 6.29. The van der Waals surface area contributed by atoms with Crippen LogP contribution in [0.25, 0.3) is 0 Å². The molecule has 0 heterocycles. The van der Waals surface area contributed by atoms with Crippen molar-refractivity contribution < 1.29 is 22.7 Å². The van der Waals surface area contributed by atoms with Crippen LogP contribution in [0.1, 0.15) is 19.8 Å². The SMILES string of the molecule is CCC(CCN)NC(=O)Nc1ccc(OC(F)(F)F)cc1. The Labute approximate surface area is 120 Å². The van der Waals surface area contributed by atoms with Gasteiger partial charge in [-0.3, -0.25) is 0 Å². The summed E-state index contributed by atoms with van der Waals surface area (Å²) in [6.45, 7) is 2.38. The molecule has 0 spiro atoms. The van der Waals surface area contributed by atoms with Crippen LogP contribution < -0.4 is 21.1 Å². The van der Waals surface area contributed by atoms with Crippen molar-refractivity contribution in [3.05, 3.63) is 24.3 Å². The third kappa shape index (κ3) is 6.84. The minimum absolute atomic E-state index is 0.0390. The Morgan fingerprint density at radius 2 is 1.95 bits per heavy atom. The Hall–Kier alpha value is -1.96. The molecule has 0 fully saturated rings. The fourth-order valence-corrected chi connectivity index (χ4v) is 1.67. The number of amides is 2. The molecule has 0 saturated heterocycles. The summed E-state index contributed by atoms with van der Waals surface area (Å²) in [6.07, 6.45) is -3.34. The lowest BCUT2D eigenvalue weighted by Gasteiger charge is -2.16. The van der Waals surface area contributed by atoms with E-state index in [0.29, 0.717) is 18.7 Å². The number of urea groups is 1. The van der Waals surface area contributed by atoms with Crippen LogP contribution in [0.15, 0.2) is 24.3 Å².